The van der Waals surface area contributed by atoms with Crippen LogP contribution in [0.15, 0.2) is 0 Å². The Bertz CT molecular complexity index is 211. The molecular weight excluding hydrogens is 224 g/mol. The van der Waals surface area contributed by atoms with Gasteiger partial charge in [-0.05, 0) is 19.3 Å². The van der Waals surface area contributed by atoms with E-state index in [0.29, 0.717) is 0 Å². The summed E-state index contributed by atoms with van der Waals surface area (Å²) in [7, 11) is 1.89. The summed E-state index contributed by atoms with van der Waals surface area (Å²) in [6.45, 7) is 2.94. The first-order valence-corrected chi connectivity index (χ1v) is 6.17. The number of rotatable bonds is 3. The van der Waals surface area contributed by atoms with E-state index in [0.717, 1.165) is 32.2 Å². The Balaban J connectivity index is 0.00000225. The first-order chi connectivity index (χ1) is 7.16. The summed E-state index contributed by atoms with van der Waals surface area (Å²) < 4.78 is 0. The van der Waals surface area contributed by atoms with Gasteiger partial charge in [-0.3, -0.25) is 4.79 Å². The number of amides is 1. The molecular formula is C12H25ClN2O. The van der Waals surface area contributed by atoms with Crippen LogP contribution in [-0.4, -0.2) is 30.4 Å². The number of hydrogen-bond donors (Lipinski definition) is 1. The average Bonchev–Trinajstić information content (AvgIpc) is 2.42. The molecule has 0 saturated heterocycles. The Morgan fingerprint density at radius 3 is 2.56 bits per heavy atom. The summed E-state index contributed by atoms with van der Waals surface area (Å²) in [5.41, 5.74) is 6.07. The van der Waals surface area contributed by atoms with Gasteiger partial charge in [-0.25, -0.2) is 0 Å². The van der Waals surface area contributed by atoms with Crippen molar-refractivity contribution in [3.63, 3.8) is 0 Å². The van der Waals surface area contributed by atoms with Gasteiger partial charge < -0.3 is 10.6 Å². The number of hydrogen-bond acceptors (Lipinski definition) is 2. The predicted octanol–water partition coefficient (Wildman–Crippen LogP) is 2.18. The Morgan fingerprint density at radius 2 is 1.94 bits per heavy atom. The van der Waals surface area contributed by atoms with Gasteiger partial charge in [-0.2, -0.15) is 0 Å². The van der Waals surface area contributed by atoms with Crippen molar-refractivity contribution in [2.75, 3.05) is 13.6 Å². The number of carbonyl (C=O) groups is 1. The van der Waals surface area contributed by atoms with Gasteiger partial charge in [0.2, 0.25) is 5.91 Å². The Morgan fingerprint density at radius 1 is 1.31 bits per heavy atom. The summed E-state index contributed by atoms with van der Waals surface area (Å²) in [6.07, 6.45) is 6.58. The third-order valence-electron chi connectivity index (χ3n) is 3.32. The fraction of sp³-hybridized carbons (Fsp3) is 0.917. The minimum atomic E-state index is 0. The van der Waals surface area contributed by atoms with E-state index in [1.807, 2.05) is 11.9 Å². The monoisotopic (exact) mass is 248 g/mol. The number of carbonyl (C=O) groups excluding carboxylic acids is 1. The molecule has 0 aromatic heterocycles. The molecule has 4 heteroatoms. The van der Waals surface area contributed by atoms with E-state index in [2.05, 4.69) is 6.92 Å². The summed E-state index contributed by atoms with van der Waals surface area (Å²) >= 11 is 0. The minimum Gasteiger partial charge on any atom is -0.345 e. The largest absolute Gasteiger partial charge is 0.345 e. The second-order valence-electron chi connectivity index (χ2n) is 4.67. The standard InChI is InChI=1S/C12H24N2O.ClH/c1-3-9-14(2)12(15)10-7-5-4-6-8-11(10)13;/h10-11H,3-9,13H2,1-2H3;1H. The lowest BCUT2D eigenvalue weighted by Gasteiger charge is -2.26. The maximum absolute atomic E-state index is 12.1. The number of nitrogens with two attached hydrogens (primary N) is 1. The molecule has 0 spiro atoms. The van der Waals surface area contributed by atoms with Gasteiger partial charge in [0, 0.05) is 19.6 Å². The molecule has 2 N–H and O–H groups in total. The summed E-state index contributed by atoms with van der Waals surface area (Å²) in [5, 5.41) is 0. The second-order valence-corrected chi connectivity index (χ2v) is 4.67. The van der Waals surface area contributed by atoms with E-state index in [9.17, 15) is 4.79 Å². The molecule has 2 unspecified atom stereocenters. The molecule has 0 radical (unpaired) electrons. The van der Waals surface area contributed by atoms with Crippen molar-refractivity contribution in [1.29, 1.82) is 0 Å². The molecule has 0 aromatic carbocycles. The quantitative estimate of drug-likeness (QED) is 0.779. The highest BCUT2D eigenvalue weighted by molar-refractivity contribution is 5.85. The zero-order valence-electron chi connectivity index (χ0n) is 10.4. The molecule has 16 heavy (non-hydrogen) atoms. The maximum atomic E-state index is 12.1. The highest BCUT2D eigenvalue weighted by Gasteiger charge is 2.28. The van der Waals surface area contributed by atoms with E-state index >= 15 is 0 Å². The van der Waals surface area contributed by atoms with E-state index in [1.54, 1.807) is 0 Å². The molecule has 96 valence electrons. The number of halogens is 1. The highest BCUT2D eigenvalue weighted by Crippen LogP contribution is 2.23. The van der Waals surface area contributed by atoms with E-state index < -0.39 is 0 Å². The zero-order valence-corrected chi connectivity index (χ0v) is 11.3. The van der Waals surface area contributed by atoms with Gasteiger partial charge >= 0.3 is 0 Å². The molecule has 1 aliphatic carbocycles. The minimum absolute atomic E-state index is 0. The zero-order chi connectivity index (χ0) is 11.3. The van der Waals surface area contributed by atoms with Crippen molar-refractivity contribution >= 4 is 18.3 Å². The topological polar surface area (TPSA) is 46.3 Å². The molecule has 0 aliphatic heterocycles. The van der Waals surface area contributed by atoms with Crippen molar-refractivity contribution < 1.29 is 4.79 Å². The van der Waals surface area contributed by atoms with Crippen LogP contribution >= 0.6 is 12.4 Å². The average molecular weight is 249 g/mol. The fourth-order valence-electron chi connectivity index (χ4n) is 2.37. The van der Waals surface area contributed by atoms with Crippen LogP contribution < -0.4 is 5.73 Å². The molecule has 0 aromatic rings. The lowest BCUT2D eigenvalue weighted by atomic mass is 9.94. The normalized spacial score (nSPS) is 25.4. The first kappa shape index (κ1) is 15.7. The lowest BCUT2D eigenvalue weighted by molar-refractivity contribution is -0.135. The molecule has 0 bridgehead atoms. The van der Waals surface area contributed by atoms with Crippen LogP contribution in [0.25, 0.3) is 0 Å². The van der Waals surface area contributed by atoms with Crippen LogP contribution in [0.2, 0.25) is 0 Å². The SMILES string of the molecule is CCCN(C)C(=O)C1CCCCCC1N.Cl. The summed E-state index contributed by atoms with van der Waals surface area (Å²) in [4.78, 5) is 13.9. The number of nitrogens with zero attached hydrogens (tertiary/aromatic N) is 1. The Labute approximate surface area is 105 Å². The third kappa shape index (κ3) is 4.30. The lowest BCUT2D eigenvalue weighted by Crippen LogP contribution is -2.42. The van der Waals surface area contributed by atoms with Crippen molar-refractivity contribution in [2.24, 2.45) is 11.7 Å². The van der Waals surface area contributed by atoms with E-state index in [4.69, 9.17) is 5.73 Å². The van der Waals surface area contributed by atoms with Crippen LogP contribution in [0.1, 0.15) is 45.4 Å². The fourth-order valence-corrected chi connectivity index (χ4v) is 2.37. The maximum Gasteiger partial charge on any atom is 0.226 e. The first-order valence-electron chi connectivity index (χ1n) is 6.17. The second kappa shape index (κ2) is 7.91. The highest BCUT2D eigenvalue weighted by atomic mass is 35.5. The summed E-state index contributed by atoms with van der Waals surface area (Å²) in [6, 6.07) is 0.0827. The van der Waals surface area contributed by atoms with Gasteiger partial charge in [0.15, 0.2) is 0 Å². The van der Waals surface area contributed by atoms with Crippen LogP contribution in [0, 0.1) is 5.92 Å². The van der Waals surface area contributed by atoms with Crippen molar-refractivity contribution in [2.45, 2.75) is 51.5 Å². The van der Waals surface area contributed by atoms with Gasteiger partial charge in [0.25, 0.3) is 0 Å². The van der Waals surface area contributed by atoms with Gasteiger partial charge in [0.05, 0.1) is 5.92 Å². The van der Waals surface area contributed by atoms with Gasteiger partial charge in [-0.1, -0.05) is 26.2 Å². The molecule has 3 nitrogen and oxygen atoms in total. The van der Waals surface area contributed by atoms with Crippen LogP contribution in [0.4, 0.5) is 0 Å². The molecule has 1 aliphatic rings. The van der Waals surface area contributed by atoms with Crippen LogP contribution in [-0.2, 0) is 4.79 Å². The van der Waals surface area contributed by atoms with Gasteiger partial charge in [0.1, 0.15) is 0 Å². The van der Waals surface area contributed by atoms with E-state index in [1.165, 1.54) is 12.8 Å². The Kier molecular flexibility index (Phi) is 7.77. The van der Waals surface area contributed by atoms with Crippen molar-refractivity contribution in [3.05, 3.63) is 0 Å². The molecule has 1 amide bonds. The predicted molar refractivity (Wildman–Crippen MR) is 69.7 cm³/mol. The van der Waals surface area contributed by atoms with Crippen molar-refractivity contribution in [3.8, 4) is 0 Å². The summed E-state index contributed by atoms with van der Waals surface area (Å²) in [5.74, 6) is 0.329. The molecule has 2 atom stereocenters. The Hall–Kier alpha value is -0.280. The molecule has 0 heterocycles. The van der Waals surface area contributed by atoms with E-state index in [-0.39, 0.29) is 30.3 Å². The smallest absolute Gasteiger partial charge is 0.226 e. The van der Waals surface area contributed by atoms with Crippen molar-refractivity contribution in [1.82, 2.24) is 4.90 Å². The van der Waals surface area contributed by atoms with Gasteiger partial charge in [-0.15, -0.1) is 12.4 Å². The third-order valence-corrected chi connectivity index (χ3v) is 3.32. The van der Waals surface area contributed by atoms with Crippen LogP contribution in [0.5, 0.6) is 0 Å². The molecule has 1 fully saturated rings. The molecule has 1 saturated carbocycles. The van der Waals surface area contributed by atoms with Crippen LogP contribution in [0.3, 0.4) is 0 Å². The molecule has 1 rings (SSSR count).